The van der Waals surface area contributed by atoms with Crippen molar-refractivity contribution in [3.05, 3.63) is 64.4 Å². The van der Waals surface area contributed by atoms with Crippen LogP contribution in [0.25, 0.3) is 11.5 Å². The molecule has 0 saturated carbocycles. The van der Waals surface area contributed by atoms with Crippen LogP contribution in [0.5, 0.6) is 5.75 Å². The van der Waals surface area contributed by atoms with Crippen LogP contribution in [-0.4, -0.2) is 10.1 Å². The lowest BCUT2D eigenvalue weighted by atomic mass is 10.2. The van der Waals surface area contributed by atoms with Crippen molar-refractivity contribution >= 4 is 23.2 Å². The summed E-state index contributed by atoms with van der Waals surface area (Å²) < 4.78 is 10.7. The van der Waals surface area contributed by atoms with Crippen molar-refractivity contribution in [3.63, 3.8) is 0 Å². The summed E-state index contributed by atoms with van der Waals surface area (Å²) in [5, 5.41) is 4.75. The quantitative estimate of drug-likeness (QED) is 0.703. The minimum absolute atomic E-state index is 0.125. The predicted molar refractivity (Wildman–Crippen MR) is 80.5 cm³/mol. The van der Waals surface area contributed by atoms with Gasteiger partial charge in [-0.1, -0.05) is 52.6 Å². The van der Waals surface area contributed by atoms with E-state index >= 15 is 0 Å². The number of benzene rings is 2. The van der Waals surface area contributed by atoms with Crippen LogP contribution in [0.4, 0.5) is 0 Å². The summed E-state index contributed by atoms with van der Waals surface area (Å²) in [5.74, 6) is 1.27. The molecule has 0 saturated heterocycles. The van der Waals surface area contributed by atoms with Crippen molar-refractivity contribution < 1.29 is 9.26 Å². The molecule has 0 radical (unpaired) electrons. The summed E-state index contributed by atoms with van der Waals surface area (Å²) in [6.45, 7) is 0.125. The average molecular weight is 321 g/mol. The third kappa shape index (κ3) is 3.17. The summed E-state index contributed by atoms with van der Waals surface area (Å²) in [6, 6.07) is 14.7. The van der Waals surface area contributed by atoms with Crippen LogP contribution in [0.15, 0.2) is 53.1 Å². The number of aromatic nitrogens is 2. The zero-order valence-electron chi connectivity index (χ0n) is 10.8. The number of nitrogens with zero attached hydrogens (tertiary/aromatic N) is 2. The first-order valence-electron chi connectivity index (χ1n) is 6.19. The fourth-order valence-corrected chi connectivity index (χ4v) is 2.27. The second-order valence-corrected chi connectivity index (χ2v) is 5.04. The lowest BCUT2D eigenvalue weighted by Crippen LogP contribution is -1.98. The van der Waals surface area contributed by atoms with Gasteiger partial charge in [0.25, 0.3) is 5.89 Å². The Labute approximate surface area is 131 Å². The van der Waals surface area contributed by atoms with Crippen LogP contribution in [0.1, 0.15) is 5.82 Å². The van der Waals surface area contributed by atoms with Crippen molar-refractivity contribution in [2.24, 2.45) is 0 Å². The number of rotatable bonds is 4. The summed E-state index contributed by atoms with van der Waals surface area (Å²) >= 11 is 12.0. The molecule has 3 rings (SSSR count). The lowest BCUT2D eigenvalue weighted by Gasteiger charge is -2.06. The Hall–Kier alpha value is -2.04. The summed E-state index contributed by atoms with van der Waals surface area (Å²) in [7, 11) is 0. The highest BCUT2D eigenvalue weighted by atomic mass is 35.5. The molecule has 2 aromatic carbocycles. The molecule has 0 atom stereocenters. The molecule has 0 bridgehead atoms. The van der Waals surface area contributed by atoms with Gasteiger partial charge in [0, 0.05) is 5.56 Å². The van der Waals surface area contributed by atoms with Crippen molar-refractivity contribution in [2.75, 3.05) is 0 Å². The molecule has 0 fully saturated rings. The maximum absolute atomic E-state index is 6.02. The molecule has 4 nitrogen and oxygen atoms in total. The van der Waals surface area contributed by atoms with E-state index in [2.05, 4.69) is 10.1 Å². The molecule has 0 spiro atoms. The Morgan fingerprint density at radius 3 is 2.38 bits per heavy atom. The molecule has 0 aliphatic carbocycles. The fraction of sp³-hybridized carbons (Fsp3) is 0.0667. The van der Waals surface area contributed by atoms with Gasteiger partial charge in [0.05, 0.1) is 10.0 Å². The molecule has 6 heteroatoms. The van der Waals surface area contributed by atoms with Crippen molar-refractivity contribution in [1.29, 1.82) is 0 Å². The largest absolute Gasteiger partial charge is 0.482 e. The van der Waals surface area contributed by atoms with Gasteiger partial charge in [-0.05, 0) is 24.3 Å². The van der Waals surface area contributed by atoms with E-state index in [9.17, 15) is 0 Å². The molecule has 1 heterocycles. The molecule has 1 aromatic heterocycles. The molecule has 0 amide bonds. The van der Waals surface area contributed by atoms with Gasteiger partial charge in [0.2, 0.25) is 5.82 Å². The SMILES string of the molecule is Clc1cccc(Cl)c1OCc1noc(-c2ccccc2)n1. The first-order chi connectivity index (χ1) is 10.2. The molecular formula is C15H10Cl2N2O2. The third-order valence-electron chi connectivity index (χ3n) is 2.75. The minimum atomic E-state index is 0.125. The molecule has 0 aliphatic rings. The highest BCUT2D eigenvalue weighted by molar-refractivity contribution is 6.37. The first-order valence-corrected chi connectivity index (χ1v) is 6.94. The van der Waals surface area contributed by atoms with Crippen LogP contribution >= 0.6 is 23.2 Å². The van der Waals surface area contributed by atoms with Crippen LogP contribution in [-0.2, 0) is 6.61 Å². The number of hydrogen-bond donors (Lipinski definition) is 0. The van der Waals surface area contributed by atoms with Crippen LogP contribution in [0.2, 0.25) is 10.0 Å². The maximum Gasteiger partial charge on any atom is 0.258 e. The van der Waals surface area contributed by atoms with E-state index in [4.69, 9.17) is 32.5 Å². The van der Waals surface area contributed by atoms with E-state index in [-0.39, 0.29) is 6.61 Å². The lowest BCUT2D eigenvalue weighted by molar-refractivity contribution is 0.287. The summed E-state index contributed by atoms with van der Waals surface area (Å²) in [5.41, 5.74) is 0.854. The standard InChI is InChI=1S/C15H10Cl2N2O2/c16-11-7-4-8-12(17)14(11)20-9-13-18-15(21-19-13)10-5-2-1-3-6-10/h1-8H,9H2. The monoisotopic (exact) mass is 320 g/mol. The first kappa shape index (κ1) is 13.9. The van der Waals surface area contributed by atoms with E-state index in [0.717, 1.165) is 5.56 Å². The Bertz CT molecular complexity index is 724. The zero-order chi connectivity index (χ0) is 14.7. The van der Waals surface area contributed by atoms with E-state index in [1.807, 2.05) is 30.3 Å². The molecule has 0 aliphatic heterocycles. The highest BCUT2D eigenvalue weighted by Crippen LogP contribution is 2.32. The van der Waals surface area contributed by atoms with Crippen LogP contribution in [0.3, 0.4) is 0 Å². The molecular weight excluding hydrogens is 311 g/mol. The molecule has 3 aromatic rings. The summed E-state index contributed by atoms with van der Waals surface area (Å²) in [6.07, 6.45) is 0. The Kier molecular flexibility index (Phi) is 4.08. The number of halogens is 2. The molecule has 0 unspecified atom stereocenters. The van der Waals surface area contributed by atoms with Gasteiger partial charge in [0.15, 0.2) is 12.4 Å². The molecule has 0 N–H and O–H groups in total. The van der Waals surface area contributed by atoms with Crippen molar-refractivity contribution in [1.82, 2.24) is 10.1 Å². The van der Waals surface area contributed by atoms with E-state index in [1.165, 1.54) is 0 Å². The fourth-order valence-electron chi connectivity index (χ4n) is 1.77. The smallest absolute Gasteiger partial charge is 0.258 e. The van der Waals surface area contributed by atoms with Gasteiger partial charge in [-0.25, -0.2) is 0 Å². The van der Waals surface area contributed by atoms with Gasteiger partial charge < -0.3 is 9.26 Å². The van der Waals surface area contributed by atoms with Crippen LogP contribution < -0.4 is 4.74 Å². The number of hydrogen-bond acceptors (Lipinski definition) is 4. The van der Waals surface area contributed by atoms with Crippen molar-refractivity contribution in [2.45, 2.75) is 6.61 Å². The zero-order valence-corrected chi connectivity index (χ0v) is 12.3. The second kappa shape index (κ2) is 6.16. The molecule has 106 valence electrons. The van der Waals surface area contributed by atoms with E-state index in [1.54, 1.807) is 18.2 Å². The van der Waals surface area contributed by atoms with Gasteiger partial charge in [-0.2, -0.15) is 4.98 Å². The predicted octanol–water partition coefficient (Wildman–Crippen LogP) is 4.62. The maximum atomic E-state index is 6.02. The average Bonchev–Trinajstić information content (AvgIpc) is 2.97. The van der Waals surface area contributed by atoms with E-state index < -0.39 is 0 Å². The number of ether oxygens (including phenoxy) is 1. The Morgan fingerprint density at radius 2 is 1.67 bits per heavy atom. The second-order valence-electron chi connectivity index (χ2n) is 4.22. The van der Waals surface area contributed by atoms with Gasteiger partial charge in [-0.3, -0.25) is 0 Å². The number of para-hydroxylation sites is 1. The van der Waals surface area contributed by atoms with Crippen LogP contribution in [0, 0.1) is 0 Å². The van der Waals surface area contributed by atoms with Crippen molar-refractivity contribution in [3.8, 4) is 17.2 Å². The molecule has 21 heavy (non-hydrogen) atoms. The Morgan fingerprint density at radius 1 is 0.952 bits per heavy atom. The third-order valence-corrected chi connectivity index (χ3v) is 3.35. The van der Waals surface area contributed by atoms with E-state index in [0.29, 0.717) is 27.5 Å². The highest BCUT2D eigenvalue weighted by Gasteiger charge is 2.11. The topological polar surface area (TPSA) is 48.2 Å². The van der Waals surface area contributed by atoms with Gasteiger partial charge in [0.1, 0.15) is 0 Å². The summed E-state index contributed by atoms with van der Waals surface area (Å²) in [4.78, 5) is 4.27. The van der Waals surface area contributed by atoms with Gasteiger partial charge in [-0.15, -0.1) is 0 Å². The Balaban J connectivity index is 1.74. The minimum Gasteiger partial charge on any atom is -0.482 e. The normalized spacial score (nSPS) is 10.6. The van der Waals surface area contributed by atoms with Gasteiger partial charge >= 0.3 is 0 Å².